The summed E-state index contributed by atoms with van der Waals surface area (Å²) in [5.41, 5.74) is 16.4. The summed E-state index contributed by atoms with van der Waals surface area (Å²) in [6.07, 6.45) is 2.18. The third kappa shape index (κ3) is 4.10. The quantitative estimate of drug-likeness (QED) is 0.568. The highest BCUT2D eigenvalue weighted by atomic mass is 15.2. The van der Waals surface area contributed by atoms with Crippen LogP contribution < -0.4 is 16.8 Å². The molecule has 1 aliphatic rings. The number of aryl methyl sites for hydroxylation is 1. The van der Waals surface area contributed by atoms with Crippen molar-refractivity contribution in [2.75, 3.05) is 37.2 Å². The van der Waals surface area contributed by atoms with Gasteiger partial charge in [-0.3, -0.25) is 4.98 Å². The first kappa shape index (κ1) is 18.7. The van der Waals surface area contributed by atoms with Crippen molar-refractivity contribution in [3.8, 4) is 0 Å². The molecule has 1 fully saturated rings. The molecule has 0 bridgehead atoms. The van der Waals surface area contributed by atoms with Gasteiger partial charge < -0.3 is 26.3 Å². The van der Waals surface area contributed by atoms with E-state index in [0.29, 0.717) is 12.6 Å². The zero-order valence-corrected chi connectivity index (χ0v) is 16.4. The van der Waals surface area contributed by atoms with Crippen LogP contribution in [-0.2, 0) is 6.54 Å². The smallest absolute Gasteiger partial charge is 0.204 e. The molecule has 1 aliphatic heterocycles. The molecule has 5 N–H and O–H groups in total. The number of hydrogen-bond acceptors (Lipinski definition) is 6. The van der Waals surface area contributed by atoms with Gasteiger partial charge in [0.1, 0.15) is 0 Å². The highest BCUT2D eigenvalue weighted by molar-refractivity contribution is 5.82. The average molecular weight is 380 g/mol. The van der Waals surface area contributed by atoms with Crippen LogP contribution in [0, 0.1) is 6.92 Å². The van der Waals surface area contributed by atoms with Gasteiger partial charge in [-0.1, -0.05) is 6.07 Å². The van der Waals surface area contributed by atoms with E-state index in [1.54, 1.807) is 0 Å². The summed E-state index contributed by atoms with van der Waals surface area (Å²) in [7, 11) is 0. The minimum Gasteiger partial charge on any atom is -0.399 e. The van der Waals surface area contributed by atoms with Gasteiger partial charge in [-0.15, -0.1) is 0 Å². The van der Waals surface area contributed by atoms with Crippen molar-refractivity contribution < 1.29 is 0 Å². The van der Waals surface area contributed by atoms with E-state index < -0.39 is 0 Å². The maximum absolute atomic E-state index is 5.99. The number of rotatable bonds is 6. The number of nitrogens with one attached hydrogen (secondary N) is 1. The second-order valence-electron chi connectivity index (χ2n) is 7.59. The molecule has 1 saturated heterocycles. The Balaban J connectivity index is 1.60. The number of pyridine rings is 1. The van der Waals surface area contributed by atoms with Gasteiger partial charge in [-0.25, -0.2) is 4.98 Å². The van der Waals surface area contributed by atoms with E-state index in [1.165, 1.54) is 0 Å². The van der Waals surface area contributed by atoms with E-state index in [9.17, 15) is 0 Å². The van der Waals surface area contributed by atoms with Gasteiger partial charge in [0.15, 0.2) is 0 Å². The van der Waals surface area contributed by atoms with Gasteiger partial charge in [0.2, 0.25) is 5.95 Å². The van der Waals surface area contributed by atoms with Crippen molar-refractivity contribution in [3.63, 3.8) is 0 Å². The van der Waals surface area contributed by atoms with Crippen LogP contribution >= 0.6 is 0 Å². The molecular weight excluding hydrogens is 350 g/mol. The topological polar surface area (TPSA) is 98.0 Å². The van der Waals surface area contributed by atoms with Crippen LogP contribution in [0.2, 0.25) is 0 Å². The zero-order valence-electron chi connectivity index (χ0n) is 16.4. The summed E-state index contributed by atoms with van der Waals surface area (Å²) >= 11 is 0. The molecule has 0 spiro atoms. The number of likely N-dealkylation sites (tertiary alicyclic amines) is 1. The average Bonchev–Trinajstić information content (AvgIpc) is 3.00. The molecule has 28 heavy (non-hydrogen) atoms. The minimum absolute atomic E-state index is 0.410. The van der Waals surface area contributed by atoms with Crippen LogP contribution in [0.1, 0.15) is 24.2 Å². The Morgan fingerprint density at radius 2 is 1.96 bits per heavy atom. The summed E-state index contributed by atoms with van der Waals surface area (Å²) in [5, 5.41) is 3.68. The van der Waals surface area contributed by atoms with Gasteiger partial charge in [0.05, 0.1) is 23.3 Å². The van der Waals surface area contributed by atoms with Gasteiger partial charge >= 0.3 is 0 Å². The van der Waals surface area contributed by atoms with Gasteiger partial charge in [0, 0.05) is 43.6 Å². The Morgan fingerprint density at radius 1 is 1.14 bits per heavy atom. The SMILES string of the molecule is Cc1cccc(Cn2c(NC3CCN(CCN)CC3)nc3cc(N)ccc32)n1. The number of nitrogens with zero attached hydrogens (tertiary/aromatic N) is 4. The molecule has 0 atom stereocenters. The molecule has 0 radical (unpaired) electrons. The normalized spacial score (nSPS) is 15.9. The number of nitrogens with two attached hydrogens (primary N) is 2. The summed E-state index contributed by atoms with van der Waals surface area (Å²) in [6, 6.07) is 12.4. The molecule has 7 nitrogen and oxygen atoms in total. The number of benzene rings is 1. The lowest BCUT2D eigenvalue weighted by Gasteiger charge is -2.32. The molecule has 0 aliphatic carbocycles. The van der Waals surface area contributed by atoms with Gasteiger partial charge in [0.25, 0.3) is 0 Å². The van der Waals surface area contributed by atoms with Crippen molar-refractivity contribution in [2.45, 2.75) is 32.4 Å². The van der Waals surface area contributed by atoms with E-state index >= 15 is 0 Å². The largest absolute Gasteiger partial charge is 0.399 e. The molecule has 1 aromatic carbocycles. The Labute approximate surface area is 165 Å². The highest BCUT2D eigenvalue weighted by Gasteiger charge is 2.21. The number of aromatic nitrogens is 3. The number of piperidine rings is 1. The number of fused-ring (bicyclic) bond motifs is 1. The second-order valence-corrected chi connectivity index (χ2v) is 7.59. The Hall–Kier alpha value is -2.64. The van der Waals surface area contributed by atoms with E-state index in [0.717, 1.165) is 73.1 Å². The molecule has 3 heterocycles. The first-order valence-corrected chi connectivity index (χ1v) is 9.99. The third-order valence-electron chi connectivity index (χ3n) is 5.40. The number of hydrogen-bond donors (Lipinski definition) is 3. The van der Waals surface area contributed by atoms with Crippen molar-refractivity contribution in [2.24, 2.45) is 5.73 Å². The highest BCUT2D eigenvalue weighted by Crippen LogP contribution is 2.25. The van der Waals surface area contributed by atoms with E-state index in [1.807, 2.05) is 31.2 Å². The maximum atomic E-state index is 5.99. The van der Waals surface area contributed by atoms with Crippen LogP contribution in [0.4, 0.5) is 11.6 Å². The Morgan fingerprint density at radius 3 is 2.71 bits per heavy atom. The number of imidazole rings is 1. The summed E-state index contributed by atoms with van der Waals surface area (Å²) in [4.78, 5) is 12.0. The lowest BCUT2D eigenvalue weighted by molar-refractivity contribution is 0.224. The van der Waals surface area contributed by atoms with E-state index in [4.69, 9.17) is 16.5 Å². The fourth-order valence-corrected chi connectivity index (χ4v) is 3.93. The van der Waals surface area contributed by atoms with Crippen LogP contribution in [0.5, 0.6) is 0 Å². The molecular formula is C21H29N7. The molecule has 0 amide bonds. The lowest BCUT2D eigenvalue weighted by atomic mass is 10.1. The third-order valence-corrected chi connectivity index (χ3v) is 5.40. The minimum atomic E-state index is 0.410. The summed E-state index contributed by atoms with van der Waals surface area (Å²) in [6.45, 7) is 6.53. The standard InChI is InChI=1S/C21H29N7/c1-15-3-2-4-18(24-15)14-28-20-6-5-16(23)13-19(20)26-21(28)25-17-7-10-27(11-8-17)12-9-22/h2-6,13,17H,7-12,14,22-23H2,1H3,(H,25,26). The second kappa shape index (κ2) is 8.16. The van der Waals surface area contributed by atoms with Gasteiger partial charge in [-0.05, 0) is 50.1 Å². The van der Waals surface area contributed by atoms with Crippen LogP contribution in [0.15, 0.2) is 36.4 Å². The van der Waals surface area contributed by atoms with Crippen molar-refractivity contribution >= 4 is 22.7 Å². The molecule has 148 valence electrons. The van der Waals surface area contributed by atoms with E-state index in [-0.39, 0.29) is 0 Å². The number of anilines is 2. The van der Waals surface area contributed by atoms with Gasteiger partial charge in [-0.2, -0.15) is 0 Å². The molecule has 4 rings (SSSR count). The fourth-order valence-electron chi connectivity index (χ4n) is 3.93. The molecule has 2 aromatic heterocycles. The summed E-state index contributed by atoms with van der Waals surface area (Å²) < 4.78 is 2.21. The molecule has 0 unspecified atom stereocenters. The monoisotopic (exact) mass is 379 g/mol. The van der Waals surface area contributed by atoms with Crippen LogP contribution in [0.25, 0.3) is 11.0 Å². The first-order valence-electron chi connectivity index (χ1n) is 9.99. The number of nitrogen functional groups attached to an aromatic ring is 1. The van der Waals surface area contributed by atoms with Crippen molar-refractivity contribution in [1.82, 2.24) is 19.4 Å². The predicted octanol–water partition coefficient (Wildman–Crippen LogP) is 2.21. The van der Waals surface area contributed by atoms with Crippen LogP contribution in [0.3, 0.4) is 0 Å². The zero-order chi connectivity index (χ0) is 19.5. The molecule has 7 heteroatoms. The lowest BCUT2D eigenvalue weighted by Crippen LogP contribution is -2.41. The molecule has 3 aromatic rings. The van der Waals surface area contributed by atoms with Crippen molar-refractivity contribution in [3.05, 3.63) is 47.8 Å². The van der Waals surface area contributed by atoms with Crippen molar-refractivity contribution in [1.29, 1.82) is 0 Å². The fraction of sp³-hybridized carbons (Fsp3) is 0.429. The Kier molecular flexibility index (Phi) is 5.45. The first-order chi connectivity index (χ1) is 13.6. The van der Waals surface area contributed by atoms with E-state index in [2.05, 4.69) is 31.9 Å². The van der Waals surface area contributed by atoms with Crippen LogP contribution in [-0.4, -0.2) is 51.7 Å². The Bertz CT molecular complexity index is 941. The maximum Gasteiger partial charge on any atom is 0.204 e. The summed E-state index contributed by atoms with van der Waals surface area (Å²) in [5.74, 6) is 0.890. The molecule has 0 saturated carbocycles. The predicted molar refractivity (Wildman–Crippen MR) is 114 cm³/mol.